The zero-order chi connectivity index (χ0) is 31.3. The van der Waals surface area contributed by atoms with E-state index in [2.05, 4.69) is 57.9 Å². The molecule has 230 valence electrons. The summed E-state index contributed by atoms with van der Waals surface area (Å²) in [5, 5.41) is 2.95. The topological polar surface area (TPSA) is 108 Å². The van der Waals surface area contributed by atoms with Gasteiger partial charge in [-0.25, -0.2) is 19.3 Å². The van der Waals surface area contributed by atoms with Crippen LogP contribution in [0.3, 0.4) is 0 Å². The third-order valence-electron chi connectivity index (χ3n) is 7.75. The number of rotatable bonds is 9. The normalized spacial score (nSPS) is 14.7. The number of piperazine rings is 1. The van der Waals surface area contributed by atoms with Gasteiger partial charge in [0.25, 0.3) is 5.91 Å². The lowest BCUT2D eigenvalue weighted by atomic mass is 9.87. The van der Waals surface area contributed by atoms with E-state index in [-0.39, 0.29) is 23.5 Å². The molecular formula is C33H38FN7O3. The van der Waals surface area contributed by atoms with E-state index in [4.69, 9.17) is 4.42 Å². The number of oxazole rings is 1. The Balaban J connectivity index is 1.50. The number of benzene rings is 2. The molecule has 0 bridgehead atoms. The van der Waals surface area contributed by atoms with Gasteiger partial charge in [-0.1, -0.05) is 45.0 Å². The summed E-state index contributed by atoms with van der Waals surface area (Å²) in [6.45, 7) is 9.91. The van der Waals surface area contributed by atoms with E-state index in [9.17, 15) is 14.0 Å². The molecule has 0 aliphatic carbocycles. The van der Waals surface area contributed by atoms with Crippen molar-refractivity contribution in [3.05, 3.63) is 102 Å². The Kier molecular flexibility index (Phi) is 9.34. The third-order valence-corrected chi connectivity index (χ3v) is 7.75. The van der Waals surface area contributed by atoms with Crippen molar-refractivity contribution < 1.29 is 18.4 Å². The highest BCUT2D eigenvalue weighted by Crippen LogP contribution is 2.32. The second kappa shape index (κ2) is 13.3. The van der Waals surface area contributed by atoms with Gasteiger partial charge >= 0.3 is 0 Å². The van der Waals surface area contributed by atoms with E-state index in [0.29, 0.717) is 23.6 Å². The van der Waals surface area contributed by atoms with Crippen LogP contribution in [0, 0.1) is 5.82 Å². The molecule has 11 heteroatoms. The number of hydrogen-bond acceptors (Lipinski definition) is 8. The van der Waals surface area contributed by atoms with Crippen molar-refractivity contribution in [1.29, 1.82) is 0 Å². The number of carbonyl (C=O) groups excluding carboxylic acids is 2. The van der Waals surface area contributed by atoms with Crippen molar-refractivity contribution in [2.45, 2.75) is 38.6 Å². The Morgan fingerprint density at radius 3 is 2.34 bits per heavy atom. The summed E-state index contributed by atoms with van der Waals surface area (Å²) < 4.78 is 18.9. The van der Waals surface area contributed by atoms with Crippen LogP contribution >= 0.6 is 0 Å². The van der Waals surface area contributed by atoms with E-state index in [1.165, 1.54) is 29.7 Å². The lowest BCUT2D eigenvalue weighted by molar-refractivity contribution is -0.122. The molecule has 3 heterocycles. The molecule has 5 rings (SSSR count). The van der Waals surface area contributed by atoms with Crippen LogP contribution in [0.25, 0.3) is 0 Å². The number of amides is 2. The maximum absolute atomic E-state index is 14.0. The molecule has 10 nitrogen and oxygen atoms in total. The smallest absolute Gasteiger partial charge is 0.281 e. The fourth-order valence-corrected chi connectivity index (χ4v) is 5.13. The summed E-state index contributed by atoms with van der Waals surface area (Å²) in [4.78, 5) is 47.1. The van der Waals surface area contributed by atoms with Crippen LogP contribution < -0.4 is 15.1 Å². The molecule has 1 unspecified atom stereocenters. The quantitative estimate of drug-likeness (QED) is 0.302. The predicted molar refractivity (Wildman–Crippen MR) is 166 cm³/mol. The van der Waals surface area contributed by atoms with Gasteiger partial charge in [0.1, 0.15) is 18.1 Å². The van der Waals surface area contributed by atoms with Crippen molar-refractivity contribution >= 4 is 23.5 Å². The molecule has 2 aromatic heterocycles. The van der Waals surface area contributed by atoms with E-state index in [1.807, 2.05) is 24.3 Å². The van der Waals surface area contributed by atoms with Gasteiger partial charge < -0.3 is 19.5 Å². The molecule has 2 amide bonds. The number of nitrogens with zero attached hydrogens (tertiary/aromatic N) is 6. The van der Waals surface area contributed by atoms with Crippen molar-refractivity contribution in [2.75, 3.05) is 49.6 Å². The SMILES string of the molecule is CN1CCN(c2ncc(C(C(=O)NCCc3cccc(F)c3)N(C(=O)c3cocn3)c3ccc(C(C)(C)C)cc3)cn2)CC1. The Labute approximate surface area is 256 Å². The van der Waals surface area contributed by atoms with Crippen LogP contribution in [0.15, 0.2) is 78.0 Å². The van der Waals surface area contributed by atoms with Crippen molar-refractivity contribution in [3.63, 3.8) is 0 Å². The first-order valence-electron chi connectivity index (χ1n) is 14.7. The number of aromatic nitrogens is 3. The predicted octanol–water partition coefficient (Wildman–Crippen LogP) is 4.40. The Hall–Kier alpha value is -4.64. The molecule has 1 fully saturated rings. The van der Waals surface area contributed by atoms with E-state index < -0.39 is 17.9 Å². The van der Waals surface area contributed by atoms with Gasteiger partial charge in [0.2, 0.25) is 11.9 Å². The van der Waals surface area contributed by atoms with Gasteiger partial charge in [0, 0.05) is 56.4 Å². The zero-order valence-corrected chi connectivity index (χ0v) is 25.5. The van der Waals surface area contributed by atoms with Gasteiger partial charge in [-0.05, 0) is 54.3 Å². The average molecular weight is 600 g/mol. The summed E-state index contributed by atoms with van der Waals surface area (Å²) in [6.07, 6.45) is 6.04. The van der Waals surface area contributed by atoms with Crippen molar-refractivity contribution in [3.8, 4) is 0 Å². The Morgan fingerprint density at radius 1 is 1.02 bits per heavy atom. The molecule has 0 radical (unpaired) electrons. The molecule has 0 spiro atoms. The van der Waals surface area contributed by atoms with Crippen LogP contribution in [0.4, 0.5) is 16.0 Å². The van der Waals surface area contributed by atoms with Gasteiger partial charge in [-0.15, -0.1) is 0 Å². The second-order valence-corrected chi connectivity index (χ2v) is 12.0. The molecule has 4 aromatic rings. The molecule has 1 aliphatic rings. The first kappa shape index (κ1) is 30.8. The van der Waals surface area contributed by atoms with Gasteiger partial charge in [0.05, 0.1) is 0 Å². The molecule has 2 aromatic carbocycles. The molecular weight excluding hydrogens is 561 g/mol. The number of nitrogens with one attached hydrogen (secondary N) is 1. The summed E-state index contributed by atoms with van der Waals surface area (Å²) in [5.41, 5.74) is 2.70. The summed E-state index contributed by atoms with van der Waals surface area (Å²) in [6, 6.07) is 12.7. The van der Waals surface area contributed by atoms with E-state index in [1.54, 1.807) is 24.5 Å². The lowest BCUT2D eigenvalue weighted by Crippen LogP contribution is -2.46. The number of carbonyl (C=O) groups is 2. The van der Waals surface area contributed by atoms with Crippen molar-refractivity contribution in [1.82, 2.24) is 25.2 Å². The lowest BCUT2D eigenvalue weighted by Gasteiger charge is -2.33. The number of halogens is 1. The molecule has 0 saturated carbocycles. The molecule has 1 atom stereocenters. The Bertz CT molecular complexity index is 1550. The second-order valence-electron chi connectivity index (χ2n) is 12.0. The van der Waals surface area contributed by atoms with Crippen molar-refractivity contribution in [2.24, 2.45) is 0 Å². The van der Waals surface area contributed by atoms with Gasteiger partial charge in [0.15, 0.2) is 12.1 Å². The maximum atomic E-state index is 14.0. The first-order valence-corrected chi connectivity index (χ1v) is 14.7. The van der Waals surface area contributed by atoms with Gasteiger partial charge in [-0.2, -0.15) is 0 Å². The minimum absolute atomic E-state index is 0.0532. The number of anilines is 2. The average Bonchev–Trinajstić information content (AvgIpc) is 3.55. The standard InChI is InChI=1S/C33H38FN7O3/c1-33(2,3)25-8-10-27(11-9-25)41(31(43)28-21-44-22-38-28)29(30(42)35-13-12-23-6-5-7-26(34)18-23)24-19-36-32(37-20-24)40-16-14-39(4)15-17-40/h5-11,18-22,29H,12-17H2,1-4H3,(H,35,42). The minimum Gasteiger partial charge on any atom is -0.451 e. The monoisotopic (exact) mass is 599 g/mol. The minimum atomic E-state index is -1.13. The summed E-state index contributed by atoms with van der Waals surface area (Å²) in [5.74, 6) is -0.729. The molecule has 44 heavy (non-hydrogen) atoms. The fraction of sp³-hybridized carbons (Fsp3) is 0.364. The highest BCUT2D eigenvalue weighted by atomic mass is 19.1. The van der Waals surface area contributed by atoms with E-state index >= 15 is 0 Å². The largest absolute Gasteiger partial charge is 0.451 e. The molecule has 1 N–H and O–H groups in total. The maximum Gasteiger partial charge on any atom is 0.281 e. The van der Waals surface area contributed by atoms with Crippen LogP contribution in [0.2, 0.25) is 0 Å². The van der Waals surface area contributed by atoms with Crippen LogP contribution in [-0.4, -0.2) is 71.4 Å². The van der Waals surface area contributed by atoms with E-state index in [0.717, 1.165) is 37.3 Å². The third kappa shape index (κ3) is 7.28. The number of likely N-dealkylation sites (N-methyl/N-ethyl adjacent to an activating group) is 1. The van der Waals surface area contributed by atoms with Gasteiger partial charge in [-0.3, -0.25) is 14.5 Å². The molecule has 1 aliphatic heterocycles. The van der Waals surface area contributed by atoms with Crippen LogP contribution in [0.1, 0.15) is 54.0 Å². The van der Waals surface area contributed by atoms with Crippen LogP contribution in [0.5, 0.6) is 0 Å². The first-order chi connectivity index (χ1) is 21.1. The zero-order valence-electron chi connectivity index (χ0n) is 25.5. The highest BCUT2D eigenvalue weighted by molar-refractivity contribution is 6.09. The van der Waals surface area contributed by atoms with Crippen LogP contribution in [-0.2, 0) is 16.6 Å². The fourth-order valence-electron chi connectivity index (χ4n) is 5.13. The molecule has 1 saturated heterocycles. The highest BCUT2D eigenvalue weighted by Gasteiger charge is 2.35. The summed E-state index contributed by atoms with van der Waals surface area (Å²) >= 11 is 0. The summed E-state index contributed by atoms with van der Waals surface area (Å²) in [7, 11) is 2.08. The number of hydrogen-bond donors (Lipinski definition) is 1. The Morgan fingerprint density at radius 2 is 1.73 bits per heavy atom.